The Morgan fingerprint density at radius 1 is 1.44 bits per heavy atom. The van der Waals surface area contributed by atoms with Crippen LogP contribution in [0.2, 0.25) is 5.02 Å². The highest BCUT2D eigenvalue weighted by Crippen LogP contribution is 2.40. The Balaban J connectivity index is 1.94. The number of rotatable bonds is 3. The third kappa shape index (κ3) is 2.04. The molecule has 1 atom stereocenters. The van der Waals surface area contributed by atoms with E-state index in [4.69, 9.17) is 16.0 Å². The Hall–Kier alpha value is -0.990. The lowest BCUT2D eigenvalue weighted by molar-refractivity contribution is -0.00146. The van der Waals surface area contributed by atoms with Crippen LogP contribution in [-0.4, -0.2) is 5.11 Å². The number of para-hydroxylation sites is 1. The Morgan fingerprint density at radius 2 is 2.22 bits per heavy atom. The Kier molecular flexibility index (Phi) is 2.87. The summed E-state index contributed by atoms with van der Waals surface area (Å²) < 4.78 is 5.75. The van der Waals surface area contributed by atoms with Gasteiger partial charge in [-0.2, -0.15) is 0 Å². The van der Waals surface area contributed by atoms with Crippen molar-refractivity contribution in [1.82, 2.24) is 0 Å². The standard InChI is InChI=1S/C15H17ClO2/c1-15(17,9-10-4-2-5-10)13-8-11-6-3-7-12(16)14(11)18-13/h3,6-8,10,17H,2,4-5,9H2,1H3. The molecule has 1 heterocycles. The highest BCUT2D eigenvalue weighted by atomic mass is 35.5. The molecule has 3 heteroatoms. The van der Waals surface area contributed by atoms with Crippen LogP contribution in [0.25, 0.3) is 11.0 Å². The molecule has 1 aliphatic carbocycles. The van der Waals surface area contributed by atoms with Gasteiger partial charge in [-0.1, -0.05) is 43.0 Å². The van der Waals surface area contributed by atoms with Crippen molar-refractivity contribution >= 4 is 22.6 Å². The van der Waals surface area contributed by atoms with Gasteiger partial charge in [0.15, 0.2) is 5.58 Å². The van der Waals surface area contributed by atoms with E-state index in [0.29, 0.717) is 22.3 Å². The lowest BCUT2D eigenvalue weighted by Crippen LogP contribution is -2.27. The van der Waals surface area contributed by atoms with Gasteiger partial charge in [-0.3, -0.25) is 0 Å². The van der Waals surface area contributed by atoms with Gasteiger partial charge in [0.1, 0.15) is 11.4 Å². The van der Waals surface area contributed by atoms with Crippen LogP contribution >= 0.6 is 11.6 Å². The summed E-state index contributed by atoms with van der Waals surface area (Å²) in [6.07, 6.45) is 4.49. The minimum absolute atomic E-state index is 0.596. The maximum atomic E-state index is 10.6. The second-order valence-electron chi connectivity index (χ2n) is 5.54. The van der Waals surface area contributed by atoms with E-state index in [1.165, 1.54) is 19.3 Å². The summed E-state index contributed by atoms with van der Waals surface area (Å²) in [5.74, 6) is 1.25. The molecule has 1 N–H and O–H groups in total. The van der Waals surface area contributed by atoms with Gasteiger partial charge in [-0.25, -0.2) is 0 Å². The van der Waals surface area contributed by atoms with Crippen molar-refractivity contribution in [2.75, 3.05) is 0 Å². The van der Waals surface area contributed by atoms with E-state index in [9.17, 15) is 5.11 Å². The summed E-state index contributed by atoms with van der Waals surface area (Å²) in [4.78, 5) is 0. The molecule has 1 saturated carbocycles. The van der Waals surface area contributed by atoms with Crippen LogP contribution in [0.3, 0.4) is 0 Å². The van der Waals surface area contributed by atoms with Gasteiger partial charge in [0.25, 0.3) is 0 Å². The average molecular weight is 265 g/mol. The van der Waals surface area contributed by atoms with Gasteiger partial charge in [0.05, 0.1) is 5.02 Å². The zero-order valence-corrected chi connectivity index (χ0v) is 11.2. The largest absolute Gasteiger partial charge is 0.456 e. The zero-order valence-electron chi connectivity index (χ0n) is 10.4. The molecular formula is C15H17ClO2. The lowest BCUT2D eigenvalue weighted by Gasteiger charge is -2.32. The van der Waals surface area contributed by atoms with Crippen LogP contribution in [0.1, 0.15) is 38.4 Å². The number of halogens is 1. The van der Waals surface area contributed by atoms with Crippen LogP contribution in [0, 0.1) is 5.92 Å². The smallest absolute Gasteiger partial charge is 0.153 e. The first-order valence-electron chi connectivity index (χ1n) is 6.47. The van der Waals surface area contributed by atoms with Gasteiger partial charge in [-0.05, 0) is 31.4 Å². The zero-order chi connectivity index (χ0) is 12.8. The summed E-state index contributed by atoms with van der Waals surface area (Å²) in [5.41, 5.74) is -0.226. The first-order chi connectivity index (χ1) is 8.56. The molecule has 0 bridgehead atoms. The van der Waals surface area contributed by atoms with E-state index in [-0.39, 0.29) is 0 Å². The summed E-state index contributed by atoms with van der Waals surface area (Å²) in [6, 6.07) is 7.55. The van der Waals surface area contributed by atoms with Crippen molar-refractivity contribution in [3.8, 4) is 0 Å². The molecule has 96 valence electrons. The van der Waals surface area contributed by atoms with Crippen LogP contribution in [0.5, 0.6) is 0 Å². The molecule has 0 aliphatic heterocycles. The van der Waals surface area contributed by atoms with E-state index in [1.807, 2.05) is 25.1 Å². The minimum Gasteiger partial charge on any atom is -0.456 e. The number of hydrogen-bond donors (Lipinski definition) is 1. The highest BCUT2D eigenvalue weighted by Gasteiger charge is 2.33. The molecule has 1 unspecified atom stereocenters. The van der Waals surface area contributed by atoms with E-state index in [1.54, 1.807) is 6.07 Å². The highest BCUT2D eigenvalue weighted by molar-refractivity contribution is 6.34. The predicted molar refractivity (Wildman–Crippen MR) is 72.8 cm³/mol. The second-order valence-corrected chi connectivity index (χ2v) is 5.95. The normalized spacial score (nSPS) is 19.7. The molecule has 0 spiro atoms. The van der Waals surface area contributed by atoms with Crippen LogP contribution in [0.4, 0.5) is 0 Å². The number of benzene rings is 1. The van der Waals surface area contributed by atoms with Gasteiger partial charge in [0.2, 0.25) is 0 Å². The van der Waals surface area contributed by atoms with E-state index in [2.05, 4.69) is 0 Å². The van der Waals surface area contributed by atoms with Crippen LogP contribution in [-0.2, 0) is 5.60 Å². The number of hydrogen-bond acceptors (Lipinski definition) is 2. The van der Waals surface area contributed by atoms with Crippen molar-refractivity contribution in [3.05, 3.63) is 35.0 Å². The van der Waals surface area contributed by atoms with Crippen molar-refractivity contribution in [2.24, 2.45) is 5.92 Å². The maximum Gasteiger partial charge on any atom is 0.153 e. The number of aliphatic hydroxyl groups is 1. The Morgan fingerprint density at radius 3 is 2.83 bits per heavy atom. The van der Waals surface area contributed by atoms with Crippen molar-refractivity contribution in [3.63, 3.8) is 0 Å². The Bertz CT molecular complexity index is 567. The fourth-order valence-electron chi connectivity index (χ4n) is 2.65. The second kappa shape index (κ2) is 4.29. The third-order valence-corrected chi connectivity index (χ3v) is 4.24. The molecule has 1 aliphatic rings. The minimum atomic E-state index is -0.895. The van der Waals surface area contributed by atoms with Crippen LogP contribution in [0.15, 0.2) is 28.7 Å². The molecule has 0 amide bonds. The first kappa shape index (κ1) is 12.1. The van der Waals surface area contributed by atoms with E-state index >= 15 is 0 Å². The third-order valence-electron chi connectivity index (χ3n) is 3.94. The molecule has 1 aromatic heterocycles. The topological polar surface area (TPSA) is 33.4 Å². The maximum absolute atomic E-state index is 10.6. The molecular weight excluding hydrogens is 248 g/mol. The molecule has 1 aromatic carbocycles. The van der Waals surface area contributed by atoms with Crippen molar-refractivity contribution in [1.29, 1.82) is 0 Å². The quantitative estimate of drug-likeness (QED) is 0.886. The summed E-state index contributed by atoms with van der Waals surface area (Å²) in [7, 11) is 0. The van der Waals surface area contributed by atoms with Gasteiger partial charge < -0.3 is 9.52 Å². The average Bonchev–Trinajstić information content (AvgIpc) is 2.70. The first-order valence-corrected chi connectivity index (χ1v) is 6.85. The molecule has 1 fully saturated rings. The number of fused-ring (bicyclic) bond motifs is 1. The molecule has 0 saturated heterocycles. The number of furan rings is 1. The van der Waals surface area contributed by atoms with E-state index in [0.717, 1.165) is 11.8 Å². The predicted octanol–water partition coefficient (Wildman–Crippen LogP) is 4.48. The van der Waals surface area contributed by atoms with Crippen LogP contribution < -0.4 is 0 Å². The van der Waals surface area contributed by atoms with Gasteiger partial charge in [-0.15, -0.1) is 0 Å². The summed E-state index contributed by atoms with van der Waals surface area (Å²) in [6.45, 7) is 1.83. The fraction of sp³-hybridized carbons (Fsp3) is 0.467. The van der Waals surface area contributed by atoms with Crippen molar-refractivity contribution < 1.29 is 9.52 Å². The van der Waals surface area contributed by atoms with Gasteiger partial charge >= 0.3 is 0 Å². The summed E-state index contributed by atoms with van der Waals surface area (Å²) >= 11 is 6.09. The fourth-order valence-corrected chi connectivity index (χ4v) is 2.87. The molecule has 2 nitrogen and oxygen atoms in total. The molecule has 3 rings (SSSR count). The summed E-state index contributed by atoms with van der Waals surface area (Å²) in [5, 5.41) is 12.1. The molecule has 18 heavy (non-hydrogen) atoms. The van der Waals surface area contributed by atoms with Crippen molar-refractivity contribution in [2.45, 2.75) is 38.2 Å². The SMILES string of the molecule is CC(O)(CC1CCC1)c1cc2cccc(Cl)c2o1. The monoisotopic (exact) mass is 264 g/mol. The molecule has 2 aromatic rings. The lowest BCUT2D eigenvalue weighted by atomic mass is 9.77. The molecule has 0 radical (unpaired) electrons. The van der Waals surface area contributed by atoms with E-state index < -0.39 is 5.60 Å². The van der Waals surface area contributed by atoms with Gasteiger partial charge in [0, 0.05) is 5.39 Å². The Labute approximate surface area is 112 Å².